The van der Waals surface area contributed by atoms with E-state index in [9.17, 15) is 5.11 Å². The second kappa shape index (κ2) is 2.86. The number of aromatic nitrogens is 2. The van der Waals surface area contributed by atoms with Crippen LogP contribution in [0.2, 0.25) is 0 Å². The molecule has 1 saturated carbocycles. The van der Waals surface area contributed by atoms with Crippen LogP contribution in [-0.2, 0) is 0 Å². The summed E-state index contributed by atoms with van der Waals surface area (Å²) in [5.74, 6) is 1.64. The summed E-state index contributed by atoms with van der Waals surface area (Å²) in [6.07, 6.45) is 2.40. The highest BCUT2D eigenvalue weighted by Gasteiger charge is 2.28. The molecular formula is C8H12N2O2. The second-order valence-electron chi connectivity index (χ2n) is 3.34. The lowest BCUT2D eigenvalue weighted by Crippen LogP contribution is -1.99. The minimum absolute atomic E-state index is 0.179. The summed E-state index contributed by atoms with van der Waals surface area (Å²) in [5, 5.41) is 13.0. The molecule has 0 amide bonds. The molecular weight excluding hydrogens is 156 g/mol. The van der Waals surface area contributed by atoms with Gasteiger partial charge >= 0.3 is 0 Å². The Hall–Kier alpha value is -0.900. The average Bonchev–Trinajstić information content (AvgIpc) is 2.58. The lowest BCUT2D eigenvalue weighted by atomic mass is 10.1. The molecule has 66 valence electrons. The molecule has 2 unspecified atom stereocenters. The van der Waals surface area contributed by atoms with Gasteiger partial charge in [0.25, 0.3) is 0 Å². The molecule has 12 heavy (non-hydrogen) atoms. The molecule has 0 radical (unpaired) electrons. The van der Waals surface area contributed by atoms with Crippen LogP contribution in [0.5, 0.6) is 0 Å². The normalized spacial score (nSPS) is 29.5. The van der Waals surface area contributed by atoms with Gasteiger partial charge in [0.1, 0.15) is 0 Å². The summed E-state index contributed by atoms with van der Waals surface area (Å²) < 4.78 is 5.02. The Balaban J connectivity index is 2.11. The Morgan fingerprint density at radius 1 is 1.50 bits per heavy atom. The highest BCUT2D eigenvalue weighted by atomic mass is 16.5. The number of hydrogen-bond donors (Lipinski definition) is 1. The van der Waals surface area contributed by atoms with Gasteiger partial charge in [-0.15, -0.1) is 0 Å². The van der Waals surface area contributed by atoms with E-state index in [2.05, 4.69) is 10.1 Å². The number of hydrogen-bond acceptors (Lipinski definition) is 4. The number of rotatable bonds is 1. The zero-order chi connectivity index (χ0) is 8.55. The van der Waals surface area contributed by atoms with Gasteiger partial charge in [0.2, 0.25) is 5.89 Å². The Labute approximate surface area is 70.6 Å². The molecule has 1 aliphatic rings. The smallest absolute Gasteiger partial charge is 0.229 e. The third kappa shape index (κ3) is 1.34. The van der Waals surface area contributed by atoms with Crippen molar-refractivity contribution in [1.82, 2.24) is 10.1 Å². The quantitative estimate of drug-likeness (QED) is 0.679. The topological polar surface area (TPSA) is 59.2 Å². The zero-order valence-corrected chi connectivity index (χ0v) is 7.03. The highest BCUT2D eigenvalue weighted by molar-refractivity contribution is 4.97. The van der Waals surface area contributed by atoms with E-state index in [1.54, 1.807) is 6.92 Å². The van der Waals surface area contributed by atoms with Crippen molar-refractivity contribution in [3.63, 3.8) is 0 Å². The lowest BCUT2D eigenvalue weighted by Gasteiger charge is -2.00. The molecule has 1 heterocycles. The van der Waals surface area contributed by atoms with Gasteiger partial charge in [0.15, 0.2) is 5.82 Å². The summed E-state index contributed by atoms with van der Waals surface area (Å²) in [5.41, 5.74) is 0. The first kappa shape index (κ1) is 7.73. The first-order valence-corrected chi connectivity index (χ1v) is 4.24. The molecule has 4 heteroatoms. The van der Waals surface area contributed by atoms with Crippen LogP contribution in [0.4, 0.5) is 0 Å². The van der Waals surface area contributed by atoms with Crippen LogP contribution in [0.1, 0.15) is 36.9 Å². The lowest BCUT2D eigenvalue weighted by molar-refractivity contribution is 0.179. The van der Waals surface area contributed by atoms with Crippen molar-refractivity contribution in [1.29, 1.82) is 0 Å². The first-order chi connectivity index (χ1) is 5.75. The molecule has 2 rings (SSSR count). The molecule has 1 aromatic heterocycles. The summed E-state index contributed by atoms with van der Waals surface area (Å²) in [6, 6.07) is 0. The molecule has 2 atom stereocenters. The predicted octanol–water partition coefficient (Wildman–Crippen LogP) is 1.01. The summed E-state index contributed by atoms with van der Waals surface area (Å²) in [6.45, 7) is 1.80. The van der Waals surface area contributed by atoms with Crippen molar-refractivity contribution >= 4 is 0 Å². The average molecular weight is 168 g/mol. The van der Waals surface area contributed by atoms with Crippen LogP contribution < -0.4 is 0 Å². The molecule has 0 spiro atoms. The molecule has 0 saturated heterocycles. The van der Waals surface area contributed by atoms with Gasteiger partial charge in [0.05, 0.1) is 6.10 Å². The zero-order valence-electron chi connectivity index (χ0n) is 7.03. The predicted molar refractivity (Wildman–Crippen MR) is 41.6 cm³/mol. The molecule has 4 nitrogen and oxygen atoms in total. The number of aliphatic hydroxyl groups is 1. The van der Waals surface area contributed by atoms with E-state index in [4.69, 9.17) is 4.52 Å². The van der Waals surface area contributed by atoms with Crippen molar-refractivity contribution < 1.29 is 9.63 Å². The van der Waals surface area contributed by atoms with Crippen LogP contribution in [0.3, 0.4) is 0 Å². The minimum Gasteiger partial charge on any atom is -0.393 e. The van der Waals surface area contributed by atoms with Crippen LogP contribution in [0.25, 0.3) is 0 Å². The fraction of sp³-hybridized carbons (Fsp3) is 0.750. The van der Waals surface area contributed by atoms with E-state index in [0.29, 0.717) is 11.7 Å². The van der Waals surface area contributed by atoms with Gasteiger partial charge in [-0.2, -0.15) is 4.98 Å². The Bertz CT molecular complexity index is 272. The molecule has 1 fully saturated rings. The highest BCUT2D eigenvalue weighted by Crippen LogP contribution is 2.33. The fourth-order valence-electron chi connectivity index (χ4n) is 1.66. The Morgan fingerprint density at radius 2 is 2.33 bits per heavy atom. The number of aryl methyl sites for hydroxylation is 1. The van der Waals surface area contributed by atoms with Crippen LogP contribution in [0, 0.1) is 6.92 Å². The summed E-state index contributed by atoms with van der Waals surface area (Å²) in [4.78, 5) is 4.14. The second-order valence-corrected chi connectivity index (χ2v) is 3.34. The maximum absolute atomic E-state index is 9.28. The van der Waals surface area contributed by atoms with E-state index in [1.807, 2.05) is 0 Å². The monoisotopic (exact) mass is 168 g/mol. The van der Waals surface area contributed by atoms with Gasteiger partial charge in [-0.3, -0.25) is 0 Å². The SMILES string of the molecule is Cc1noc(C2CCC(O)C2)n1. The summed E-state index contributed by atoms with van der Waals surface area (Å²) in [7, 11) is 0. The number of nitrogens with zero attached hydrogens (tertiary/aromatic N) is 2. The molecule has 0 aromatic carbocycles. The van der Waals surface area contributed by atoms with Crippen LogP contribution >= 0.6 is 0 Å². The van der Waals surface area contributed by atoms with Crippen molar-refractivity contribution in [2.45, 2.75) is 38.2 Å². The third-order valence-corrected chi connectivity index (χ3v) is 2.30. The maximum atomic E-state index is 9.28. The van der Waals surface area contributed by atoms with Crippen molar-refractivity contribution in [3.05, 3.63) is 11.7 Å². The van der Waals surface area contributed by atoms with Gasteiger partial charge in [0, 0.05) is 5.92 Å². The van der Waals surface area contributed by atoms with Gasteiger partial charge in [-0.05, 0) is 26.2 Å². The van der Waals surface area contributed by atoms with Crippen molar-refractivity contribution in [2.24, 2.45) is 0 Å². The third-order valence-electron chi connectivity index (χ3n) is 2.30. The van der Waals surface area contributed by atoms with Crippen molar-refractivity contribution in [2.75, 3.05) is 0 Å². The van der Waals surface area contributed by atoms with E-state index in [0.717, 1.165) is 19.3 Å². The van der Waals surface area contributed by atoms with Crippen molar-refractivity contribution in [3.8, 4) is 0 Å². The number of aliphatic hydroxyl groups excluding tert-OH is 1. The minimum atomic E-state index is -0.179. The van der Waals surface area contributed by atoms with Gasteiger partial charge < -0.3 is 9.63 Å². The fourth-order valence-corrected chi connectivity index (χ4v) is 1.66. The molecule has 0 bridgehead atoms. The summed E-state index contributed by atoms with van der Waals surface area (Å²) >= 11 is 0. The largest absolute Gasteiger partial charge is 0.393 e. The van der Waals surface area contributed by atoms with E-state index >= 15 is 0 Å². The van der Waals surface area contributed by atoms with Gasteiger partial charge in [-0.1, -0.05) is 5.16 Å². The van der Waals surface area contributed by atoms with Crippen LogP contribution in [-0.4, -0.2) is 21.4 Å². The Morgan fingerprint density at radius 3 is 2.83 bits per heavy atom. The Kier molecular flexibility index (Phi) is 1.84. The molecule has 0 aliphatic heterocycles. The maximum Gasteiger partial charge on any atom is 0.229 e. The van der Waals surface area contributed by atoms with E-state index in [-0.39, 0.29) is 12.0 Å². The van der Waals surface area contributed by atoms with Crippen LogP contribution in [0.15, 0.2) is 4.52 Å². The van der Waals surface area contributed by atoms with Gasteiger partial charge in [-0.25, -0.2) is 0 Å². The van der Waals surface area contributed by atoms with E-state index in [1.165, 1.54) is 0 Å². The van der Waals surface area contributed by atoms with E-state index < -0.39 is 0 Å². The standard InChI is InChI=1S/C8H12N2O2/c1-5-9-8(12-10-5)6-2-3-7(11)4-6/h6-7,11H,2-4H2,1H3. The molecule has 1 aliphatic carbocycles. The molecule has 1 aromatic rings. The first-order valence-electron chi connectivity index (χ1n) is 4.24. The molecule has 1 N–H and O–H groups in total.